The zero-order valence-corrected chi connectivity index (χ0v) is 15.1. The van der Waals surface area contributed by atoms with Crippen molar-refractivity contribution in [2.75, 3.05) is 5.73 Å². The molecule has 0 aromatic carbocycles. The summed E-state index contributed by atoms with van der Waals surface area (Å²) in [5.74, 6) is 0.168. The monoisotopic (exact) mass is 406 g/mol. The molecule has 4 rings (SSSR count). The number of aromatic nitrogens is 3. The molecule has 7 nitrogen and oxygen atoms in total. The van der Waals surface area contributed by atoms with E-state index in [1.807, 2.05) is 0 Å². The lowest BCUT2D eigenvalue weighted by molar-refractivity contribution is -0.111. The molecule has 3 aromatic rings. The second kappa shape index (κ2) is 6.24. The molecule has 10 heteroatoms. The van der Waals surface area contributed by atoms with Gasteiger partial charge in [0.15, 0.2) is 10.8 Å². The van der Waals surface area contributed by atoms with Crippen molar-refractivity contribution in [3.63, 3.8) is 0 Å². The van der Waals surface area contributed by atoms with E-state index in [0.717, 1.165) is 0 Å². The van der Waals surface area contributed by atoms with Crippen molar-refractivity contribution in [1.82, 2.24) is 14.6 Å². The van der Waals surface area contributed by atoms with Crippen molar-refractivity contribution in [3.8, 4) is 10.8 Å². The molecule has 0 bridgehead atoms. The quantitative estimate of drug-likeness (QED) is 0.700. The van der Waals surface area contributed by atoms with Gasteiger partial charge in [-0.1, -0.05) is 34.5 Å². The number of rotatable bonds is 2. The number of halogens is 2. The van der Waals surface area contributed by atoms with Crippen LogP contribution in [0.25, 0.3) is 21.8 Å². The van der Waals surface area contributed by atoms with Gasteiger partial charge in [-0.05, 0) is 35.9 Å². The highest BCUT2D eigenvalue weighted by Gasteiger charge is 2.19. The van der Waals surface area contributed by atoms with Gasteiger partial charge >= 0.3 is 0 Å². The largest absolute Gasteiger partial charge is 0.462 e. The minimum Gasteiger partial charge on any atom is -0.462 e. The molecule has 3 aromatic heterocycles. The first kappa shape index (κ1) is 16.8. The molecule has 0 radical (unpaired) electrons. The summed E-state index contributed by atoms with van der Waals surface area (Å²) < 4.78 is 6.67. The Morgan fingerprint density at radius 1 is 1.23 bits per heavy atom. The number of ketones is 1. The van der Waals surface area contributed by atoms with Crippen LogP contribution in [0.3, 0.4) is 0 Å². The number of nitrogens with zero attached hydrogens (tertiary/aromatic N) is 3. The van der Waals surface area contributed by atoms with Crippen LogP contribution in [-0.4, -0.2) is 20.4 Å². The smallest absolute Gasteiger partial charge is 0.283 e. The summed E-state index contributed by atoms with van der Waals surface area (Å²) in [4.78, 5) is 28.3. The van der Waals surface area contributed by atoms with Gasteiger partial charge in [-0.3, -0.25) is 9.59 Å². The Balaban J connectivity index is 1.88. The fourth-order valence-electron chi connectivity index (χ4n) is 2.35. The molecule has 2 N–H and O–H groups in total. The Kier molecular flexibility index (Phi) is 4.03. The van der Waals surface area contributed by atoms with E-state index < -0.39 is 11.3 Å². The molecule has 0 atom stereocenters. The SMILES string of the molecule is Nc1c(C=C2C=C(Cl)C(=O)C(Cl)=C2)c(=O)nc2sc(-c3ccco3)nn12. The number of furan rings is 1. The number of anilines is 1. The fourth-order valence-corrected chi connectivity index (χ4v) is 3.72. The van der Waals surface area contributed by atoms with Crippen molar-refractivity contribution in [2.45, 2.75) is 0 Å². The molecule has 26 heavy (non-hydrogen) atoms. The maximum atomic E-state index is 12.4. The Morgan fingerprint density at radius 2 is 1.96 bits per heavy atom. The summed E-state index contributed by atoms with van der Waals surface area (Å²) in [6.07, 6.45) is 5.78. The number of nitrogens with two attached hydrogens (primary N) is 1. The van der Waals surface area contributed by atoms with Crippen molar-refractivity contribution in [2.24, 2.45) is 0 Å². The topological polar surface area (TPSA) is 103 Å². The number of carbonyl (C=O) groups is 1. The predicted octanol–water partition coefficient (Wildman–Crippen LogP) is 3.20. The fraction of sp³-hybridized carbons (Fsp3) is 0. The first-order valence-corrected chi connectivity index (χ1v) is 8.75. The van der Waals surface area contributed by atoms with Crippen LogP contribution in [0.5, 0.6) is 0 Å². The van der Waals surface area contributed by atoms with Gasteiger partial charge in [0.25, 0.3) is 5.56 Å². The summed E-state index contributed by atoms with van der Waals surface area (Å²) in [6.45, 7) is 0. The van der Waals surface area contributed by atoms with Gasteiger partial charge in [-0.2, -0.15) is 9.50 Å². The number of fused-ring (bicyclic) bond motifs is 1. The van der Waals surface area contributed by atoms with Crippen LogP contribution in [0.2, 0.25) is 0 Å². The van der Waals surface area contributed by atoms with E-state index >= 15 is 0 Å². The molecule has 0 spiro atoms. The third-order valence-electron chi connectivity index (χ3n) is 3.56. The molecule has 1 aliphatic carbocycles. The molecule has 0 saturated carbocycles. The van der Waals surface area contributed by atoms with Gasteiger partial charge in [0, 0.05) is 0 Å². The number of hydrogen-bond acceptors (Lipinski definition) is 7. The number of allylic oxidation sites excluding steroid dienone is 5. The highest BCUT2D eigenvalue weighted by molar-refractivity contribution is 7.19. The first-order valence-electron chi connectivity index (χ1n) is 7.18. The molecule has 0 unspecified atom stereocenters. The Morgan fingerprint density at radius 3 is 2.62 bits per heavy atom. The van der Waals surface area contributed by atoms with Gasteiger partial charge in [0.2, 0.25) is 10.7 Å². The number of Topliss-reactive ketones (excluding diaryl/α,β-unsaturated/α-hetero) is 1. The van der Waals surface area contributed by atoms with Crippen LogP contribution in [0, 0.1) is 0 Å². The molecule has 1 aliphatic rings. The van der Waals surface area contributed by atoms with Crippen LogP contribution >= 0.6 is 34.5 Å². The lowest BCUT2D eigenvalue weighted by Gasteiger charge is -2.07. The molecular formula is C16H8Cl2N4O3S. The highest BCUT2D eigenvalue weighted by Crippen LogP contribution is 2.28. The van der Waals surface area contributed by atoms with E-state index in [2.05, 4.69) is 10.1 Å². The van der Waals surface area contributed by atoms with Crippen molar-refractivity contribution >= 4 is 57.2 Å². The molecule has 0 amide bonds. The average Bonchev–Trinajstić information content (AvgIpc) is 3.25. The molecule has 0 aliphatic heterocycles. The third kappa shape index (κ3) is 2.78. The van der Waals surface area contributed by atoms with Gasteiger partial charge in [-0.15, -0.1) is 5.10 Å². The summed E-state index contributed by atoms with van der Waals surface area (Å²) in [5.41, 5.74) is 6.15. The Hall–Kier alpha value is -2.68. The van der Waals surface area contributed by atoms with E-state index in [1.165, 1.54) is 40.3 Å². The standard InChI is InChI=1S/C16H8Cl2N4O3S/c17-9-5-7(6-10(18)12(9)23)4-8-13(19)22-16(20-14(8)24)26-15(21-22)11-2-1-3-25-11/h1-6H,19H2. The zero-order valence-electron chi connectivity index (χ0n) is 12.8. The van der Waals surface area contributed by atoms with Crippen LogP contribution in [0.4, 0.5) is 5.82 Å². The number of carbonyl (C=O) groups excluding carboxylic acids is 1. The van der Waals surface area contributed by atoms with Gasteiger partial charge in [-0.25, -0.2) is 0 Å². The molecule has 0 fully saturated rings. The van der Waals surface area contributed by atoms with Crippen molar-refractivity contribution in [3.05, 3.63) is 62.1 Å². The number of nitrogen functional groups attached to an aromatic ring is 1. The normalized spacial score (nSPS) is 14.5. The summed E-state index contributed by atoms with van der Waals surface area (Å²) >= 11 is 12.9. The second-order valence-corrected chi connectivity index (χ2v) is 7.02. The van der Waals surface area contributed by atoms with Gasteiger partial charge in [0.05, 0.1) is 21.9 Å². The van der Waals surface area contributed by atoms with E-state index in [1.54, 1.807) is 12.1 Å². The Bertz CT molecular complexity index is 1180. The van der Waals surface area contributed by atoms with E-state index in [9.17, 15) is 9.59 Å². The first-order chi connectivity index (χ1) is 12.4. The maximum Gasteiger partial charge on any atom is 0.283 e. The highest BCUT2D eigenvalue weighted by atomic mass is 35.5. The maximum absolute atomic E-state index is 12.4. The molecule has 0 saturated heterocycles. The van der Waals surface area contributed by atoms with Crippen molar-refractivity contribution in [1.29, 1.82) is 0 Å². The minimum atomic E-state index is -0.532. The average molecular weight is 407 g/mol. The van der Waals surface area contributed by atoms with Crippen molar-refractivity contribution < 1.29 is 9.21 Å². The molecular weight excluding hydrogens is 399 g/mol. The molecule has 3 heterocycles. The van der Waals surface area contributed by atoms with E-state index in [-0.39, 0.29) is 21.4 Å². The minimum absolute atomic E-state index is 0.0507. The third-order valence-corrected chi connectivity index (χ3v) is 5.04. The lowest BCUT2D eigenvalue weighted by Crippen LogP contribution is -2.17. The van der Waals surface area contributed by atoms with Crippen LogP contribution in [0.15, 0.2) is 55.4 Å². The lowest BCUT2D eigenvalue weighted by atomic mass is 10.1. The van der Waals surface area contributed by atoms with E-state index in [0.29, 0.717) is 21.3 Å². The summed E-state index contributed by atoms with van der Waals surface area (Å²) in [6, 6.07) is 3.47. The van der Waals surface area contributed by atoms with Crippen LogP contribution in [0.1, 0.15) is 5.56 Å². The zero-order chi connectivity index (χ0) is 18.4. The Labute approximate surface area is 159 Å². The van der Waals surface area contributed by atoms with Crippen LogP contribution in [-0.2, 0) is 4.79 Å². The number of hydrogen-bond donors (Lipinski definition) is 1. The van der Waals surface area contributed by atoms with Gasteiger partial charge in [0.1, 0.15) is 5.82 Å². The van der Waals surface area contributed by atoms with E-state index in [4.69, 9.17) is 33.4 Å². The predicted molar refractivity (Wildman–Crippen MR) is 100 cm³/mol. The molecule has 130 valence electrons. The summed E-state index contributed by atoms with van der Waals surface area (Å²) in [5, 5.41) is 4.77. The van der Waals surface area contributed by atoms with Gasteiger partial charge < -0.3 is 10.2 Å². The summed E-state index contributed by atoms with van der Waals surface area (Å²) in [7, 11) is 0. The second-order valence-electron chi connectivity index (χ2n) is 5.25. The van der Waals surface area contributed by atoms with Crippen LogP contribution < -0.4 is 11.3 Å².